The summed E-state index contributed by atoms with van der Waals surface area (Å²) < 4.78 is 6.05. The molecule has 2 N–H and O–H groups in total. The fraction of sp³-hybridized carbons (Fsp3) is 0.588. The Balaban J connectivity index is 1.93. The number of nitrogens with one attached hydrogen (secondary N) is 1. The van der Waals surface area contributed by atoms with Crippen LogP contribution in [-0.4, -0.2) is 47.9 Å². The molecule has 2 amide bonds. The Kier molecular flexibility index (Phi) is 6.07. The summed E-state index contributed by atoms with van der Waals surface area (Å²) in [5.41, 5.74) is 0. The fourth-order valence-electron chi connectivity index (χ4n) is 2.82. The van der Waals surface area contributed by atoms with Crippen LogP contribution in [0.25, 0.3) is 0 Å². The lowest BCUT2D eigenvalue weighted by atomic mass is 9.92. The SMILES string of the molecule is C[C@H](O)CN(C)C(=O)N[C@@H]1CCCC[C@@H]1Oc1ccccc1. The van der Waals surface area contributed by atoms with E-state index in [0.717, 1.165) is 31.4 Å². The molecule has 0 saturated heterocycles. The predicted molar refractivity (Wildman–Crippen MR) is 86.0 cm³/mol. The van der Waals surface area contributed by atoms with Crippen molar-refractivity contribution < 1.29 is 14.6 Å². The number of likely N-dealkylation sites (N-methyl/N-ethyl adjacent to an activating group) is 1. The highest BCUT2D eigenvalue weighted by molar-refractivity contribution is 5.74. The van der Waals surface area contributed by atoms with Crippen LogP contribution >= 0.6 is 0 Å². The Labute approximate surface area is 132 Å². The average Bonchev–Trinajstić information content (AvgIpc) is 2.49. The molecule has 1 aromatic rings. The van der Waals surface area contributed by atoms with E-state index in [1.54, 1.807) is 14.0 Å². The second-order valence-corrected chi connectivity index (χ2v) is 6.04. The highest BCUT2D eigenvalue weighted by Gasteiger charge is 2.29. The molecule has 0 aliphatic heterocycles. The number of para-hydroxylation sites is 1. The zero-order chi connectivity index (χ0) is 15.9. The van der Waals surface area contributed by atoms with Gasteiger partial charge in [0.05, 0.1) is 12.1 Å². The molecule has 0 aromatic heterocycles. The summed E-state index contributed by atoms with van der Waals surface area (Å²) >= 11 is 0. The summed E-state index contributed by atoms with van der Waals surface area (Å²) in [7, 11) is 1.69. The number of aliphatic hydroxyl groups is 1. The minimum absolute atomic E-state index is 0.0000463. The van der Waals surface area contributed by atoms with Gasteiger partial charge in [0.15, 0.2) is 0 Å². The van der Waals surface area contributed by atoms with Gasteiger partial charge in [-0.1, -0.05) is 24.6 Å². The van der Waals surface area contributed by atoms with Crippen LogP contribution in [0, 0.1) is 0 Å². The third-order valence-electron chi connectivity index (χ3n) is 3.93. The zero-order valence-electron chi connectivity index (χ0n) is 13.4. The van der Waals surface area contributed by atoms with Crippen molar-refractivity contribution in [3.05, 3.63) is 30.3 Å². The number of rotatable bonds is 5. The molecule has 1 fully saturated rings. The molecule has 5 nitrogen and oxygen atoms in total. The number of carbonyl (C=O) groups is 1. The normalized spacial score (nSPS) is 22.7. The summed E-state index contributed by atoms with van der Waals surface area (Å²) in [5, 5.41) is 12.4. The van der Waals surface area contributed by atoms with E-state index >= 15 is 0 Å². The first-order valence-electron chi connectivity index (χ1n) is 7.97. The van der Waals surface area contributed by atoms with E-state index in [1.807, 2.05) is 30.3 Å². The predicted octanol–water partition coefficient (Wildman–Crippen LogP) is 2.40. The molecule has 22 heavy (non-hydrogen) atoms. The molecule has 1 aromatic carbocycles. The van der Waals surface area contributed by atoms with Gasteiger partial charge in [-0.3, -0.25) is 0 Å². The van der Waals surface area contributed by atoms with Gasteiger partial charge in [-0.2, -0.15) is 0 Å². The zero-order valence-corrected chi connectivity index (χ0v) is 13.4. The second kappa shape index (κ2) is 8.03. The monoisotopic (exact) mass is 306 g/mol. The molecular formula is C17H26N2O3. The van der Waals surface area contributed by atoms with Gasteiger partial charge < -0.3 is 20.1 Å². The first-order valence-corrected chi connectivity index (χ1v) is 7.97. The Morgan fingerprint density at radius 3 is 2.73 bits per heavy atom. The Morgan fingerprint density at radius 2 is 2.05 bits per heavy atom. The summed E-state index contributed by atoms with van der Waals surface area (Å²) in [4.78, 5) is 13.7. The smallest absolute Gasteiger partial charge is 0.317 e. The van der Waals surface area contributed by atoms with Crippen molar-refractivity contribution in [1.29, 1.82) is 0 Å². The van der Waals surface area contributed by atoms with Gasteiger partial charge >= 0.3 is 6.03 Å². The summed E-state index contributed by atoms with van der Waals surface area (Å²) in [6.07, 6.45) is 3.55. The second-order valence-electron chi connectivity index (χ2n) is 6.04. The van der Waals surface area contributed by atoms with E-state index in [0.29, 0.717) is 6.54 Å². The number of nitrogens with zero attached hydrogens (tertiary/aromatic N) is 1. The molecule has 0 heterocycles. The van der Waals surface area contributed by atoms with Gasteiger partial charge in [0.2, 0.25) is 0 Å². The van der Waals surface area contributed by atoms with Crippen molar-refractivity contribution >= 4 is 6.03 Å². The van der Waals surface area contributed by atoms with Crippen LogP contribution in [-0.2, 0) is 0 Å². The van der Waals surface area contributed by atoms with Gasteiger partial charge in [-0.25, -0.2) is 4.79 Å². The summed E-state index contributed by atoms with van der Waals surface area (Å²) in [6, 6.07) is 9.58. The Hall–Kier alpha value is -1.75. The van der Waals surface area contributed by atoms with Gasteiger partial charge in [0, 0.05) is 13.6 Å². The molecule has 0 spiro atoms. The maximum absolute atomic E-state index is 12.2. The molecule has 0 bridgehead atoms. The van der Waals surface area contributed by atoms with Crippen LogP contribution in [0.5, 0.6) is 5.75 Å². The molecule has 3 atom stereocenters. The van der Waals surface area contributed by atoms with Crippen LogP contribution in [0.2, 0.25) is 0 Å². The van der Waals surface area contributed by atoms with Gasteiger partial charge in [-0.05, 0) is 38.3 Å². The van der Waals surface area contributed by atoms with E-state index in [4.69, 9.17) is 4.74 Å². The van der Waals surface area contributed by atoms with Crippen molar-refractivity contribution in [2.45, 2.75) is 50.9 Å². The van der Waals surface area contributed by atoms with E-state index in [-0.39, 0.29) is 18.2 Å². The number of hydrogen-bond acceptors (Lipinski definition) is 3. The third-order valence-corrected chi connectivity index (χ3v) is 3.93. The maximum atomic E-state index is 12.2. The molecular weight excluding hydrogens is 280 g/mol. The lowest BCUT2D eigenvalue weighted by molar-refractivity contribution is 0.106. The molecule has 5 heteroatoms. The van der Waals surface area contributed by atoms with Crippen LogP contribution in [0.15, 0.2) is 30.3 Å². The molecule has 1 saturated carbocycles. The van der Waals surface area contributed by atoms with Crippen molar-refractivity contribution in [1.82, 2.24) is 10.2 Å². The average molecular weight is 306 g/mol. The van der Waals surface area contributed by atoms with Crippen molar-refractivity contribution in [3.8, 4) is 5.75 Å². The molecule has 2 rings (SSSR count). The van der Waals surface area contributed by atoms with Crippen LogP contribution in [0.1, 0.15) is 32.6 Å². The van der Waals surface area contributed by atoms with Gasteiger partial charge in [0.1, 0.15) is 11.9 Å². The lowest BCUT2D eigenvalue weighted by Gasteiger charge is -2.33. The van der Waals surface area contributed by atoms with Crippen molar-refractivity contribution in [2.75, 3.05) is 13.6 Å². The van der Waals surface area contributed by atoms with Crippen molar-refractivity contribution in [2.24, 2.45) is 0 Å². The first-order chi connectivity index (χ1) is 10.6. The molecule has 1 aliphatic rings. The number of carbonyl (C=O) groups excluding carboxylic acids is 1. The number of amides is 2. The maximum Gasteiger partial charge on any atom is 0.317 e. The Bertz CT molecular complexity index is 464. The molecule has 0 radical (unpaired) electrons. The largest absolute Gasteiger partial charge is 0.488 e. The lowest BCUT2D eigenvalue weighted by Crippen LogP contribution is -2.52. The van der Waals surface area contributed by atoms with Gasteiger partial charge in [-0.15, -0.1) is 0 Å². The minimum Gasteiger partial charge on any atom is -0.488 e. The molecule has 122 valence electrons. The fourth-order valence-corrected chi connectivity index (χ4v) is 2.82. The van der Waals surface area contributed by atoms with Gasteiger partial charge in [0.25, 0.3) is 0 Å². The highest BCUT2D eigenvalue weighted by atomic mass is 16.5. The number of benzene rings is 1. The van der Waals surface area contributed by atoms with Crippen LogP contribution < -0.4 is 10.1 Å². The highest BCUT2D eigenvalue weighted by Crippen LogP contribution is 2.24. The first kappa shape index (κ1) is 16.6. The molecule has 0 unspecified atom stereocenters. The number of urea groups is 1. The topological polar surface area (TPSA) is 61.8 Å². The quantitative estimate of drug-likeness (QED) is 0.878. The third kappa shape index (κ3) is 4.91. The van der Waals surface area contributed by atoms with E-state index < -0.39 is 6.10 Å². The number of aliphatic hydroxyl groups excluding tert-OH is 1. The summed E-state index contributed by atoms with van der Waals surface area (Å²) in [6.45, 7) is 1.99. The van der Waals surface area contributed by atoms with E-state index in [9.17, 15) is 9.90 Å². The van der Waals surface area contributed by atoms with Crippen molar-refractivity contribution in [3.63, 3.8) is 0 Å². The van der Waals surface area contributed by atoms with E-state index in [1.165, 1.54) is 4.90 Å². The van der Waals surface area contributed by atoms with Crippen LogP contribution in [0.4, 0.5) is 4.79 Å². The Morgan fingerprint density at radius 1 is 1.36 bits per heavy atom. The standard InChI is InChI=1S/C17H26N2O3/c1-13(20)12-19(2)17(21)18-15-10-6-7-11-16(15)22-14-8-4-3-5-9-14/h3-5,8-9,13,15-16,20H,6-7,10-12H2,1-2H3,(H,18,21)/t13-,15+,16-/m0/s1. The van der Waals surface area contributed by atoms with Crippen LogP contribution in [0.3, 0.4) is 0 Å². The summed E-state index contributed by atoms with van der Waals surface area (Å²) in [5.74, 6) is 0.839. The molecule has 1 aliphatic carbocycles. The number of ether oxygens (including phenoxy) is 1. The van der Waals surface area contributed by atoms with E-state index in [2.05, 4.69) is 5.32 Å². The minimum atomic E-state index is -0.529. The number of hydrogen-bond donors (Lipinski definition) is 2.